The third-order valence-corrected chi connectivity index (χ3v) is 5.92. The Balaban J connectivity index is 1.95. The third-order valence-electron chi connectivity index (χ3n) is 4.19. The van der Waals surface area contributed by atoms with E-state index in [0.717, 1.165) is 22.4 Å². The Hall–Kier alpha value is -0.600. The molecule has 0 radical (unpaired) electrons. The normalized spacial score (nSPS) is 22.5. The minimum absolute atomic E-state index is 0.0107. The first-order valence-electron chi connectivity index (χ1n) is 6.83. The van der Waals surface area contributed by atoms with E-state index < -0.39 is 4.33 Å². The lowest BCUT2D eigenvalue weighted by atomic mass is 10.0. The maximum Gasteiger partial charge on any atom is 0.133 e. The van der Waals surface area contributed by atoms with Crippen molar-refractivity contribution in [2.45, 2.75) is 23.1 Å². The van der Waals surface area contributed by atoms with Crippen molar-refractivity contribution in [3.63, 3.8) is 0 Å². The summed E-state index contributed by atoms with van der Waals surface area (Å²) in [6.07, 6.45) is 0. The van der Waals surface area contributed by atoms with Crippen LogP contribution in [0.3, 0.4) is 0 Å². The van der Waals surface area contributed by atoms with Crippen LogP contribution in [0.5, 0.6) is 5.75 Å². The number of ether oxygens (including phenoxy) is 1. The second kappa shape index (κ2) is 5.79. The van der Waals surface area contributed by atoms with E-state index in [9.17, 15) is 0 Å². The Morgan fingerprint density at radius 3 is 1.91 bits per heavy atom. The van der Waals surface area contributed by atoms with Crippen molar-refractivity contribution in [3.05, 3.63) is 63.1 Å². The molecule has 116 valence electrons. The van der Waals surface area contributed by atoms with Crippen LogP contribution >= 0.6 is 46.4 Å². The monoisotopic (exact) mass is 374 g/mol. The lowest BCUT2D eigenvalue weighted by molar-refractivity contribution is 0.414. The molecule has 22 heavy (non-hydrogen) atoms. The van der Waals surface area contributed by atoms with Crippen LogP contribution in [0.1, 0.15) is 28.5 Å². The Morgan fingerprint density at radius 1 is 0.909 bits per heavy atom. The minimum atomic E-state index is -0.851. The topological polar surface area (TPSA) is 9.23 Å². The van der Waals surface area contributed by atoms with Crippen molar-refractivity contribution in [1.29, 1.82) is 0 Å². The van der Waals surface area contributed by atoms with Gasteiger partial charge in [0.25, 0.3) is 0 Å². The molecule has 0 bridgehead atoms. The molecule has 2 atom stereocenters. The maximum absolute atomic E-state index is 6.51. The van der Waals surface area contributed by atoms with E-state index in [1.807, 2.05) is 43.3 Å². The minimum Gasteiger partial charge on any atom is -0.497 e. The van der Waals surface area contributed by atoms with Crippen LogP contribution in [0.15, 0.2) is 36.4 Å². The summed E-state index contributed by atoms with van der Waals surface area (Å²) in [7, 11) is 1.64. The highest BCUT2D eigenvalue weighted by Crippen LogP contribution is 2.70. The highest BCUT2D eigenvalue weighted by atomic mass is 35.5. The molecule has 1 aliphatic rings. The number of hydrogen-bond donors (Lipinski definition) is 0. The van der Waals surface area contributed by atoms with Crippen LogP contribution < -0.4 is 4.74 Å². The predicted octanol–water partition coefficient (Wildman–Crippen LogP) is 6.37. The Kier molecular flexibility index (Phi) is 4.28. The van der Waals surface area contributed by atoms with Crippen LogP contribution in [-0.2, 0) is 0 Å². The molecule has 0 amide bonds. The van der Waals surface area contributed by atoms with E-state index >= 15 is 0 Å². The van der Waals surface area contributed by atoms with E-state index in [1.165, 1.54) is 0 Å². The molecular formula is C17H14Cl4O. The summed E-state index contributed by atoms with van der Waals surface area (Å²) in [6, 6.07) is 11.6. The van der Waals surface area contributed by atoms with Gasteiger partial charge in [-0.05, 0) is 47.9 Å². The third kappa shape index (κ3) is 2.69. The average molecular weight is 376 g/mol. The fourth-order valence-electron chi connectivity index (χ4n) is 2.81. The number of rotatable bonds is 3. The Labute approximate surface area is 150 Å². The molecule has 0 aliphatic heterocycles. The van der Waals surface area contributed by atoms with Crippen LogP contribution in [0.25, 0.3) is 0 Å². The van der Waals surface area contributed by atoms with E-state index in [2.05, 4.69) is 0 Å². The Morgan fingerprint density at radius 2 is 1.41 bits per heavy atom. The smallest absolute Gasteiger partial charge is 0.133 e. The van der Waals surface area contributed by atoms with Crippen LogP contribution in [0, 0.1) is 6.92 Å². The summed E-state index contributed by atoms with van der Waals surface area (Å²) in [6.45, 7) is 1.89. The van der Waals surface area contributed by atoms with E-state index in [-0.39, 0.29) is 11.8 Å². The van der Waals surface area contributed by atoms with Crippen molar-refractivity contribution >= 4 is 46.4 Å². The number of methoxy groups -OCH3 is 1. The summed E-state index contributed by atoms with van der Waals surface area (Å²) in [4.78, 5) is 0. The highest BCUT2D eigenvalue weighted by molar-refractivity contribution is 6.52. The average Bonchev–Trinajstić information content (AvgIpc) is 3.07. The number of halogens is 4. The van der Waals surface area contributed by atoms with Crippen molar-refractivity contribution in [2.75, 3.05) is 7.11 Å². The standard InChI is InChI=1S/C17H14Cl4O/c1-9-13(18)7-11(8-14(9)19)16-15(17(16,20)21)10-3-5-12(22-2)6-4-10/h3-8,15-16H,1-2H3/t15-,16-/m1/s1. The molecule has 0 heterocycles. The summed E-state index contributed by atoms with van der Waals surface area (Å²) in [5.74, 6) is 0.786. The molecule has 1 saturated carbocycles. The largest absolute Gasteiger partial charge is 0.497 e. The fourth-order valence-corrected chi connectivity index (χ4v) is 4.20. The lowest BCUT2D eigenvalue weighted by Gasteiger charge is -2.06. The SMILES string of the molecule is COc1ccc([C@@H]2[C@@H](c3cc(Cl)c(C)c(Cl)c3)C2(Cl)Cl)cc1. The zero-order valence-electron chi connectivity index (χ0n) is 12.0. The van der Waals surface area contributed by atoms with E-state index in [0.29, 0.717) is 10.0 Å². The molecule has 1 fully saturated rings. The van der Waals surface area contributed by atoms with E-state index in [4.69, 9.17) is 51.1 Å². The second-order valence-electron chi connectivity index (χ2n) is 5.51. The highest BCUT2D eigenvalue weighted by Gasteiger charge is 2.64. The molecule has 0 N–H and O–H groups in total. The summed E-state index contributed by atoms with van der Waals surface area (Å²) < 4.78 is 4.33. The molecule has 0 saturated heterocycles. The number of alkyl halides is 2. The van der Waals surface area contributed by atoms with Gasteiger partial charge >= 0.3 is 0 Å². The molecular weight excluding hydrogens is 362 g/mol. The van der Waals surface area contributed by atoms with Gasteiger partial charge in [-0.1, -0.05) is 35.3 Å². The lowest BCUT2D eigenvalue weighted by Crippen LogP contribution is -1.92. The number of hydrogen-bond acceptors (Lipinski definition) is 1. The van der Waals surface area contributed by atoms with Gasteiger partial charge in [-0.2, -0.15) is 0 Å². The fraction of sp³-hybridized carbons (Fsp3) is 0.294. The van der Waals surface area contributed by atoms with Crippen molar-refractivity contribution in [2.24, 2.45) is 0 Å². The van der Waals surface area contributed by atoms with Crippen molar-refractivity contribution in [3.8, 4) is 5.75 Å². The van der Waals surface area contributed by atoms with Gasteiger partial charge in [0.05, 0.1) is 7.11 Å². The summed E-state index contributed by atoms with van der Waals surface area (Å²) in [5, 5.41) is 1.26. The van der Waals surface area contributed by atoms with Gasteiger partial charge in [0.15, 0.2) is 0 Å². The zero-order valence-corrected chi connectivity index (χ0v) is 15.1. The molecule has 0 unspecified atom stereocenters. The molecule has 1 nitrogen and oxygen atoms in total. The van der Waals surface area contributed by atoms with Gasteiger partial charge in [0.1, 0.15) is 10.1 Å². The molecule has 0 spiro atoms. The first-order valence-corrected chi connectivity index (χ1v) is 8.34. The first kappa shape index (κ1) is 16.3. The maximum atomic E-state index is 6.51. The first-order chi connectivity index (χ1) is 10.4. The van der Waals surface area contributed by atoms with Crippen LogP contribution in [0.2, 0.25) is 10.0 Å². The van der Waals surface area contributed by atoms with Crippen molar-refractivity contribution < 1.29 is 4.74 Å². The van der Waals surface area contributed by atoms with Crippen LogP contribution in [0.4, 0.5) is 0 Å². The number of benzene rings is 2. The van der Waals surface area contributed by atoms with Gasteiger partial charge in [0, 0.05) is 21.9 Å². The van der Waals surface area contributed by atoms with Gasteiger partial charge < -0.3 is 4.74 Å². The zero-order chi connectivity index (χ0) is 16.1. The summed E-state index contributed by atoms with van der Waals surface area (Å²) in [5.41, 5.74) is 2.90. The molecule has 3 rings (SSSR count). The molecule has 0 aromatic heterocycles. The molecule has 1 aliphatic carbocycles. The van der Waals surface area contributed by atoms with Crippen molar-refractivity contribution in [1.82, 2.24) is 0 Å². The van der Waals surface area contributed by atoms with Gasteiger partial charge in [-0.25, -0.2) is 0 Å². The molecule has 5 heteroatoms. The quantitative estimate of drug-likeness (QED) is 0.566. The van der Waals surface area contributed by atoms with E-state index in [1.54, 1.807) is 7.11 Å². The van der Waals surface area contributed by atoms with Gasteiger partial charge in [0.2, 0.25) is 0 Å². The summed E-state index contributed by atoms with van der Waals surface area (Å²) >= 11 is 25.5. The molecule has 2 aromatic rings. The molecule has 2 aromatic carbocycles. The Bertz CT molecular complexity index is 686. The van der Waals surface area contributed by atoms with Gasteiger partial charge in [-0.15, -0.1) is 23.2 Å². The van der Waals surface area contributed by atoms with Crippen LogP contribution in [-0.4, -0.2) is 11.4 Å². The predicted molar refractivity (Wildman–Crippen MR) is 94.1 cm³/mol. The van der Waals surface area contributed by atoms with Gasteiger partial charge in [-0.3, -0.25) is 0 Å². The second-order valence-corrected chi connectivity index (χ2v) is 7.77.